The first-order chi connectivity index (χ1) is 9.83. The first-order valence-corrected chi connectivity index (χ1v) is 7.20. The van der Waals surface area contributed by atoms with Crippen LogP contribution < -0.4 is 10.2 Å². The van der Waals surface area contributed by atoms with Gasteiger partial charge in [0, 0.05) is 38.2 Å². The molecule has 1 aliphatic heterocycles. The van der Waals surface area contributed by atoms with Crippen molar-refractivity contribution in [3.63, 3.8) is 0 Å². The van der Waals surface area contributed by atoms with Crippen LogP contribution in [0.3, 0.4) is 0 Å². The molecule has 3 rings (SSSR count). The van der Waals surface area contributed by atoms with Crippen LogP contribution in [0.25, 0.3) is 0 Å². The van der Waals surface area contributed by atoms with Crippen LogP contribution in [-0.4, -0.2) is 29.6 Å². The van der Waals surface area contributed by atoms with E-state index in [1.165, 1.54) is 6.42 Å². The monoisotopic (exact) mass is 288 g/mol. The maximum Gasteiger partial charge on any atom is 0.125 e. The van der Waals surface area contributed by atoms with Gasteiger partial charge in [-0.2, -0.15) is 0 Å². The summed E-state index contributed by atoms with van der Waals surface area (Å²) in [5.41, 5.74) is 1.09. The van der Waals surface area contributed by atoms with Crippen LogP contribution in [0.1, 0.15) is 6.42 Å². The Morgan fingerprint density at radius 2 is 2.25 bits per heavy atom. The Morgan fingerprint density at radius 3 is 3.05 bits per heavy atom. The molecular weight excluding hydrogens is 272 g/mol. The van der Waals surface area contributed by atoms with Crippen LogP contribution in [0.2, 0.25) is 5.02 Å². The quantitative estimate of drug-likeness (QED) is 0.939. The van der Waals surface area contributed by atoms with E-state index in [0.29, 0.717) is 5.92 Å². The minimum Gasteiger partial charge on any atom is -0.370 e. The van der Waals surface area contributed by atoms with Crippen LogP contribution in [0.15, 0.2) is 42.9 Å². The highest BCUT2D eigenvalue weighted by molar-refractivity contribution is 6.33. The molecule has 3 heterocycles. The van der Waals surface area contributed by atoms with Crippen LogP contribution in [0.4, 0.5) is 11.5 Å². The minimum atomic E-state index is 0.612. The van der Waals surface area contributed by atoms with Gasteiger partial charge in [0.05, 0.1) is 10.7 Å². The number of anilines is 2. The summed E-state index contributed by atoms with van der Waals surface area (Å²) in [4.78, 5) is 10.6. The molecule has 0 radical (unpaired) electrons. The lowest BCUT2D eigenvalue weighted by Gasteiger charge is -2.19. The molecule has 1 fully saturated rings. The van der Waals surface area contributed by atoms with Crippen molar-refractivity contribution in [1.82, 2.24) is 9.97 Å². The van der Waals surface area contributed by atoms with E-state index in [1.54, 1.807) is 18.6 Å². The average Bonchev–Trinajstić information content (AvgIpc) is 2.95. The highest BCUT2D eigenvalue weighted by atomic mass is 35.5. The van der Waals surface area contributed by atoms with Gasteiger partial charge in [-0.05, 0) is 30.5 Å². The second-order valence-corrected chi connectivity index (χ2v) is 5.43. The number of hydrogen-bond donors (Lipinski definition) is 1. The van der Waals surface area contributed by atoms with E-state index in [1.807, 2.05) is 24.3 Å². The normalized spacial score (nSPS) is 18.2. The lowest BCUT2D eigenvalue weighted by atomic mass is 10.1. The molecule has 1 saturated heterocycles. The molecule has 0 bridgehead atoms. The van der Waals surface area contributed by atoms with E-state index in [4.69, 9.17) is 11.6 Å². The molecule has 2 aromatic rings. The van der Waals surface area contributed by atoms with Gasteiger partial charge in [-0.1, -0.05) is 17.7 Å². The maximum atomic E-state index is 6.20. The molecule has 20 heavy (non-hydrogen) atoms. The Bertz CT molecular complexity index is 561. The molecule has 2 aromatic heterocycles. The highest BCUT2D eigenvalue weighted by Crippen LogP contribution is 2.29. The fourth-order valence-electron chi connectivity index (χ4n) is 2.56. The number of halogens is 1. The van der Waals surface area contributed by atoms with Crippen molar-refractivity contribution in [2.45, 2.75) is 6.42 Å². The van der Waals surface area contributed by atoms with E-state index < -0.39 is 0 Å². The molecule has 1 aliphatic rings. The molecule has 1 N–H and O–H groups in total. The van der Waals surface area contributed by atoms with Gasteiger partial charge in [0.15, 0.2) is 0 Å². The number of aromatic nitrogens is 2. The summed E-state index contributed by atoms with van der Waals surface area (Å²) in [6, 6.07) is 7.89. The summed E-state index contributed by atoms with van der Waals surface area (Å²) in [5.74, 6) is 1.55. The van der Waals surface area contributed by atoms with E-state index >= 15 is 0 Å². The third kappa shape index (κ3) is 3.02. The summed E-state index contributed by atoms with van der Waals surface area (Å²) in [7, 11) is 0. The Hall–Kier alpha value is -1.81. The summed E-state index contributed by atoms with van der Waals surface area (Å²) in [5, 5.41) is 4.12. The molecule has 104 valence electrons. The maximum absolute atomic E-state index is 6.20. The lowest BCUT2D eigenvalue weighted by Crippen LogP contribution is -2.22. The average molecular weight is 289 g/mol. The van der Waals surface area contributed by atoms with Crippen molar-refractivity contribution in [3.8, 4) is 0 Å². The lowest BCUT2D eigenvalue weighted by molar-refractivity contribution is 0.621. The number of rotatable bonds is 4. The van der Waals surface area contributed by atoms with Crippen LogP contribution in [0.5, 0.6) is 0 Å². The van der Waals surface area contributed by atoms with E-state index in [-0.39, 0.29) is 0 Å². The first-order valence-electron chi connectivity index (χ1n) is 6.82. The van der Waals surface area contributed by atoms with Crippen LogP contribution in [0, 0.1) is 5.92 Å². The molecule has 0 unspecified atom stereocenters. The molecular formula is C15H17ClN4. The summed E-state index contributed by atoms with van der Waals surface area (Å²) >= 11 is 6.20. The molecule has 1 atom stereocenters. The second-order valence-electron chi connectivity index (χ2n) is 5.02. The smallest absolute Gasteiger partial charge is 0.125 e. The third-order valence-electron chi connectivity index (χ3n) is 3.61. The Kier molecular flexibility index (Phi) is 4.02. The molecule has 5 heteroatoms. The Morgan fingerprint density at radius 1 is 1.30 bits per heavy atom. The zero-order valence-electron chi connectivity index (χ0n) is 11.2. The SMILES string of the molecule is Clc1cnccc1N1CC[C@H](CNc2ccccn2)C1. The third-order valence-corrected chi connectivity index (χ3v) is 3.91. The first kappa shape index (κ1) is 13.2. The van der Waals surface area contributed by atoms with Gasteiger partial charge in [-0.3, -0.25) is 4.98 Å². The highest BCUT2D eigenvalue weighted by Gasteiger charge is 2.23. The van der Waals surface area contributed by atoms with Gasteiger partial charge in [0.1, 0.15) is 5.82 Å². The minimum absolute atomic E-state index is 0.612. The van der Waals surface area contributed by atoms with Crippen molar-refractivity contribution in [2.24, 2.45) is 5.92 Å². The van der Waals surface area contributed by atoms with Gasteiger partial charge >= 0.3 is 0 Å². The number of pyridine rings is 2. The van der Waals surface area contributed by atoms with Gasteiger partial charge in [0.2, 0.25) is 0 Å². The predicted octanol–water partition coefficient (Wildman–Crippen LogP) is 3.07. The Balaban J connectivity index is 1.56. The number of hydrogen-bond acceptors (Lipinski definition) is 4. The topological polar surface area (TPSA) is 41.1 Å². The molecule has 0 saturated carbocycles. The van der Waals surface area contributed by atoms with Gasteiger partial charge in [0.25, 0.3) is 0 Å². The fraction of sp³-hybridized carbons (Fsp3) is 0.333. The summed E-state index contributed by atoms with van der Waals surface area (Å²) in [6.07, 6.45) is 6.47. The van der Waals surface area contributed by atoms with Crippen molar-refractivity contribution < 1.29 is 0 Å². The van der Waals surface area contributed by atoms with E-state index in [0.717, 1.165) is 36.2 Å². The zero-order chi connectivity index (χ0) is 13.8. The van der Waals surface area contributed by atoms with E-state index in [2.05, 4.69) is 20.2 Å². The van der Waals surface area contributed by atoms with Crippen molar-refractivity contribution in [2.75, 3.05) is 29.9 Å². The molecule has 0 amide bonds. The van der Waals surface area contributed by atoms with Gasteiger partial charge in [-0.25, -0.2) is 4.98 Å². The molecule has 4 nitrogen and oxygen atoms in total. The standard InChI is InChI=1S/C15H17ClN4/c16-13-10-17-7-4-14(13)20-8-5-12(11-20)9-19-15-3-1-2-6-18-15/h1-4,6-7,10,12H,5,8-9,11H2,(H,18,19)/t12-/m1/s1. The number of nitrogens with one attached hydrogen (secondary N) is 1. The van der Waals surface area contributed by atoms with Crippen LogP contribution >= 0.6 is 11.6 Å². The molecule has 0 aliphatic carbocycles. The molecule has 0 aromatic carbocycles. The van der Waals surface area contributed by atoms with Crippen LogP contribution in [-0.2, 0) is 0 Å². The predicted molar refractivity (Wildman–Crippen MR) is 82.3 cm³/mol. The second kappa shape index (κ2) is 6.09. The van der Waals surface area contributed by atoms with Crippen molar-refractivity contribution in [1.29, 1.82) is 0 Å². The molecule has 0 spiro atoms. The van der Waals surface area contributed by atoms with Crippen molar-refractivity contribution in [3.05, 3.63) is 47.9 Å². The van der Waals surface area contributed by atoms with E-state index in [9.17, 15) is 0 Å². The van der Waals surface area contributed by atoms with Gasteiger partial charge < -0.3 is 10.2 Å². The summed E-state index contributed by atoms with van der Waals surface area (Å²) in [6.45, 7) is 3.00. The fourth-order valence-corrected chi connectivity index (χ4v) is 2.80. The Labute approximate surface area is 123 Å². The zero-order valence-corrected chi connectivity index (χ0v) is 11.9. The van der Waals surface area contributed by atoms with Gasteiger partial charge in [-0.15, -0.1) is 0 Å². The number of nitrogens with zero attached hydrogens (tertiary/aromatic N) is 3. The summed E-state index contributed by atoms with van der Waals surface area (Å²) < 4.78 is 0. The van der Waals surface area contributed by atoms with Crippen molar-refractivity contribution >= 4 is 23.1 Å². The largest absolute Gasteiger partial charge is 0.370 e.